The van der Waals surface area contributed by atoms with Crippen molar-refractivity contribution < 1.29 is 32.4 Å². The van der Waals surface area contributed by atoms with E-state index >= 15 is 0 Å². The van der Waals surface area contributed by atoms with Gasteiger partial charge >= 0.3 is 6.03 Å². The van der Waals surface area contributed by atoms with E-state index in [0.717, 1.165) is 6.42 Å². The molecule has 13 nitrogen and oxygen atoms in total. The van der Waals surface area contributed by atoms with Crippen molar-refractivity contribution in [3.05, 3.63) is 30.3 Å². The molecular formula is C36H56N6O7S. The summed E-state index contributed by atoms with van der Waals surface area (Å²) in [6.45, 7) is 15.5. The van der Waals surface area contributed by atoms with Crippen molar-refractivity contribution in [2.45, 2.75) is 110 Å². The molecule has 6 atom stereocenters. The highest BCUT2D eigenvalue weighted by Crippen LogP contribution is 2.65. The normalized spacial score (nSPS) is 24.0. The third kappa shape index (κ3) is 8.17. The Morgan fingerprint density at radius 2 is 1.62 bits per heavy atom. The predicted octanol–water partition coefficient (Wildman–Crippen LogP) is 2.65. The molecule has 2 unspecified atom stereocenters. The van der Waals surface area contributed by atoms with Crippen molar-refractivity contribution >= 4 is 39.6 Å². The first-order valence-corrected chi connectivity index (χ1v) is 19.0. The van der Waals surface area contributed by atoms with Gasteiger partial charge < -0.3 is 26.6 Å². The van der Waals surface area contributed by atoms with Gasteiger partial charge in [0.05, 0.1) is 10.4 Å². The second kappa shape index (κ2) is 14.2. The zero-order chi connectivity index (χ0) is 37.6. The minimum Gasteiger partial charge on any atom is -0.363 e. The lowest BCUT2D eigenvalue weighted by atomic mass is 9.78. The molecular weight excluding hydrogens is 660 g/mol. The molecule has 14 heteroatoms. The molecule has 1 aliphatic heterocycles. The number of fused-ring (bicyclic) bond motifs is 1. The summed E-state index contributed by atoms with van der Waals surface area (Å²) in [5.74, 6) is -3.12. The van der Waals surface area contributed by atoms with Gasteiger partial charge in [0, 0.05) is 20.1 Å². The first-order chi connectivity index (χ1) is 23.0. The summed E-state index contributed by atoms with van der Waals surface area (Å²) >= 11 is 0. The van der Waals surface area contributed by atoms with E-state index < -0.39 is 68.6 Å². The number of Topliss-reactive ketones (excluding diaryl/α,β-unsaturated/α-hetero) is 1. The zero-order valence-corrected chi connectivity index (χ0v) is 31.7. The number of nitrogens with two attached hydrogens (primary N) is 1. The van der Waals surface area contributed by atoms with Gasteiger partial charge in [0.15, 0.2) is 0 Å². The van der Waals surface area contributed by atoms with Crippen LogP contribution in [0.4, 0.5) is 4.79 Å². The Kier molecular flexibility index (Phi) is 11.2. The van der Waals surface area contributed by atoms with Gasteiger partial charge in [0.2, 0.25) is 27.6 Å². The first-order valence-electron chi connectivity index (χ1n) is 17.6. The third-order valence-electron chi connectivity index (χ3n) is 10.9. The van der Waals surface area contributed by atoms with Crippen molar-refractivity contribution in [3.8, 4) is 0 Å². The number of carbonyl (C=O) groups is 5. The van der Waals surface area contributed by atoms with E-state index in [1.165, 1.54) is 28.4 Å². The van der Waals surface area contributed by atoms with Crippen LogP contribution in [0.2, 0.25) is 0 Å². The molecule has 2 aliphatic carbocycles. The highest BCUT2D eigenvalue weighted by atomic mass is 32.2. The number of carbonyl (C=O) groups excluding carboxylic acids is 5. The van der Waals surface area contributed by atoms with Crippen molar-refractivity contribution in [1.29, 1.82) is 0 Å². The number of likely N-dealkylation sites (tertiary alicyclic amines) is 1. The summed E-state index contributed by atoms with van der Waals surface area (Å²) in [5.41, 5.74) is 3.33. The molecule has 3 aliphatic rings. The quantitative estimate of drug-likeness (QED) is 0.213. The van der Waals surface area contributed by atoms with E-state index in [4.69, 9.17) is 5.73 Å². The van der Waals surface area contributed by atoms with Gasteiger partial charge in [-0.2, -0.15) is 4.31 Å². The van der Waals surface area contributed by atoms with Crippen LogP contribution in [-0.4, -0.2) is 91.0 Å². The molecule has 4 rings (SSSR count). The Morgan fingerprint density at radius 3 is 2.12 bits per heavy atom. The summed E-state index contributed by atoms with van der Waals surface area (Å²) in [6.07, 6.45) is 2.70. The van der Waals surface area contributed by atoms with E-state index in [0.29, 0.717) is 25.8 Å². The number of primary amides is 1. The fraction of sp³-hybridized carbons (Fsp3) is 0.694. The van der Waals surface area contributed by atoms with Crippen LogP contribution in [0.15, 0.2) is 35.2 Å². The fourth-order valence-corrected chi connectivity index (χ4v) is 9.35. The number of sulfonamides is 1. The topological polar surface area (TPSA) is 188 Å². The number of piperidine rings is 1. The standard InChI is InChI=1S/C36H56N6O7S/c1-21(2)18-36(8,20-41(9)50(48,49)23-16-11-10-12-17-23)40-33(47)39-29(34(3,4)5)32(46)42-19-24-25(35(24,6)7)27(42)31(45)38-26(22-14-13-15-22)28(43)30(37)44/h10-12,16-17,21-22,24-27,29H,13-15,18-20H2,1-9H3,(H2,37,44)(H,38,45)(H2,39,40,47)/t24-,25-,26?,27-,29+,36?/m0/s1. The second-order valence-electron chi connectivity index (χ2n) is 16.9. The highest BCUT2D eigenvalue weighted by molar-refractivity contribution is 7.89. The largest absolute Gasteiger partial charge is 0.363 e. The predicted molar refractivity (Wildman–Crippen MR) is 189 cm³/mol. The van der Waals surface area contributed by atoms with Crippen molar-refractivity contribution in [1.82, 2.24) is 25.2 Å². The van der Waals surface area contributed by atoms with Gasteiger partial charge in [0.25, 0.3) is 5.91 Å². The molecule has 0 radical (unpaired) electrons. The first kappa shape index (κ1) is 39.3. The van der Waals surface area contributed by atoms with E-state index in [1.54, 1.807) is 25.1 Å². The Hall–Kier alpha value is -3.52. The monoisotopic (exact) mass is 716 g/mol. The van der Waals surface area contributed by atoms with Crippen LogP contribution in [0, 0.1) is 34.5 Å². The Bertz CT molecular complexity index is 1590. The van der Waals surface area contributed by atoms with Gasteiger partial charge in [-0.3, -0.25) is 19.2 Å². The lowest BCUT2D eigenvalue weighted by Gasteiger charge is -2.40. The van der Waals surface area contributed by atoms with E-state index in [9.17, 15) is 32.4 Å². The van der Waals surface area contributed by atoms with Gasteiger partial charge in [0.1, 0.15) is 18.1 Å². The average molecular weight is 717 g/mol. The van der Waals surface area contributed by atoms with Crippen molar-refractivity contribution in [3.63, 3.8) is 0 Å². The smallest absolute Gasteiger partial charge is 0.315 e. The van der Waals surface area contributed by atoms with E-state index in [-0.39, 0.29) is 40.5 Å². The number of hydrogen-bond donors (Lipinski definition) is 4. The van der Waals surface area contributed by atoms with E-state index in [1.807, 2.05) is 48.5 Å². The van der Waals surface area contributed by atoms with Crippen molar-refractivity contribution in [2.75, 3.05) is 20.1 Å². The lowest BCUT2D eigenvalue weighted by molar-refractivity contribution is -0.145. The number of urea groups is 1. The molecule has 278 valence electrons. The molecule has 5 amide bonds. The number of ketones is 1. The average Bonchev–Trinajstić information content (AvgIpc) is 3.29. The number of likely N-dealkylation sites (N-methyl/N-ethyl adjacent to an activating group) is 1. The lowest BCUT2D eigenvalue weighted by Crippen LogP contribution is -2.64. The molecule has 1 aromatic carbocycles. The van der Waals surface area contributed by atoms with Crippen LogP contribution < -0.4 is 21.7 Å². The number of nitrogens with zero attached hydrogens (tertiary/aromatic N) is 2. The fourth-order valence-electron chi connectivity index (χ4n) is 8.04. The third-order valence-corrected chi connectivity index (χ3v) is 12.7. The van der Waals surface area contributed by atoms with Gasteiger partial charge in [-0.15, -0.1) is 0 Å². The van der Waals surface area contributed by atoms with Crippen LogP contribution >= 0.6 is 0 Å². The number of hydrogen-bond acceptors (Lipinski definition) is 7. The van der Waals surface area contributed by atoms with Crippen LogP contribution in [0.5, 0.6) is 0 Å². The van der Waals surface area contributed by atoms with Gasteiger partial charge in [-0.25, -0.2) is 13.2 Å². The minimum absolute atomic E-state index is 0.0248. The number of nitrogens with one attached hydrogen (secondary N) is 3. The molecule has 0 spiro atoms. The number of rotatable bonds is 14. The molecule has 3 fully saturated rings. The van der Waals surface area contributed by atoms with Crippen LogP contribution in [0.25, 0.3) is 0 Å². The molecule has 5 N–H and O–H groups in total. The molecule has 50 heavy (non-hydrogen) atoms. The molecule has 1 heterocycles. The maximum absolute atomic E-state index is 14.4. The molecule has 2 saturated carbocycles. The molecule has 1 aromatic rings. The van der Waals surface area contributed by atoms with Crippen LogP contribution in [0.3, 0.4) is 0 Å². The Morgan fingerprint density at radius 1 is 1.02 bits per heavy atom. The van der Waals surface area contributed by atoms with Crippen molar-refractivity contribution in [2.24, 2.45) is 40.2 Å². The van der Waals surface area contributed by atoms with Gasteiger partial charge in [-0.1, -0.05) is 73.1 Å². The van der Waals surface area contributed by atoms with E-state index in [2.05, 4.69) is 16.0 Å². The molecule has 0 bridgehead atoms. The summed E-state index contributed by atoms with van der Waals surface area (Å²) in [4.78, 5) is 68.4. The summed E-state index contributed by atoms with van der Waals surface area (Å²) in [5, 5.41) is 8.64. The summed E-state index contributed by atoms with van der Waals surface area (Å²) in [6, 6.07) is 4.43. The second-order valence-corrected chi connectivity index (χ2v) is 19.0. The van der Waals surface area contributed by atoms with Gasteiger partial charge in [-0.05, 0) is 72.8 Å². The minimum atomic E-state index is -3.85. The maximum Gasteiger partial charge on any atom is 0.315 e. The maximum atomic E-state index is 14.4. The number of benzene rings is 1. The highest BCUT2D eigenvalue weighted by Gasteiger charge is 2.70. The summed E-state index contributed by atoms with van der Waals surface area (Å²) in [7, 11) is -2.37. The Labute approximate surface area is 296 Å². The molecule has 0 aromatic heterocycles. The Balaban J connectivity index is 1.55. The summed E-state index contributed by atoms with van der Waals surface area (Å²) < 4.78 is 27.9. The zero-order valence-electron chi connectivity index (χ0n) is 30.9. The molecule has 1 saturated heterocycles. The van der Waals surface area contributed by atoms with Crippen LogP contribution in [0.1, 0.15) is 81.1 Å². The number of amides is 5. The van der Waals surface area contributed by atoms with Crippen LogP contribution in [-0.2, 0) is 29.2 Å². The SMILES string of the molecule is CC(C)CC(C)(CN(C)S(=O)(=O)c1ccccc1)NC(=O)N[C@H](C(=O)N1C[C@H]2[C@@H]([C@H]1C(=O)NC(C(=O)C(N)=O)C1CCC1)C2(C)C)C(C)(C)C.